The van der Waals surface area contributed by atoms with Crippen LogP contribution < -0.4 is 5.32 Å². The van der Waals surface area contributed by atoms with E-state index in [1.54, 1.807) is 4.90 Å². The van der Waals surface area contributed by atoms with Crippen molar-refractivity contribution >= 4 is 33.4 Å². The third kappa shape index (κ3) is 6.06. The van der Waals surface area contributed by atoms with Crippen LogP contribution in [0.15, 0.2) is 59.5 Å². The van der Waals surface area contributed by atoms with Crippen molar-refractivity contribution in [3.05, 3.63) is 65.2 Å². The van der Waals surface area contributed by atoms with Gasteiger partial charge in [0.05, 0.1) is 10.9 Å². The maximum Gasteiger partial charge on any atom is 0.243 e. The van der Waals surface area contributed by atoms with Gasteiger partial charge < -0.3 is 10.2 Å². The molecule has 0 saturated carbocycles. The molecule has 3 rings (SSSR count). The lowest BCUT2D eigenvalue weighted by Gasteiger charge is -2.34. The normalized spacial score (nSPS) is 16.0. The van der Waals surface area contributed by atoms with Crippen LogP contribution in [0.5, 0.6) is 0 Å². The third-order valence-corrected chi connectivity index (χ3v) is 7.45. The zero-order valence-electron chi connectivity index (χ0n) is 17.3. The van der Waals surface area contributed by atoms with Crippen LogP contribution in [0.2, 0.25) is 5.02 Å². The summed E-state index contributed by atoms with van der Waals surface area (Å²) in [4.78, 5) is 26.5. The first-order valence-electron chi connectivity index (χ1n) is 10.1. The first kappa shape index (κ1) is 23.2. The van der Waals surface area contributed by atoms with E-state index in [-0.39, 0.29) is 48.7 Å². The van der Waals surface area contributed by atoms with E-state index in [1.165, 1.54) is 28.6 Å². The summed E-state index contributed by atoms with van der Waals surface area (Å²) in [7, 11) is -3.62. The molecule has 1 heterocycles. The van der Waals surface area contributed by atoms with Crippen LogP contribution in [0.4, 0.5) is 0 Å². The van der Waals surface area contributed by atoms with Gasteiger partial charge in [-0.15, -0.1) is 0 Å². The summed E-state index contributed by atoms with van der Waals surface area (Å²) in [5, 5.41) is 3.37. The van der Waals surface area contributed by atoms with Gasteiger partial charge in [0.1, 0.15) is 0 Å². The van der Waals surface area contributed by atoms with Crippen LogP contribution in [-0.4, -0.2) is 55.6 Å². The molecular weight excluding hydrogens is 438 g/mol. The average Bonchev–Trinajstić information content (AvgIpc) is 2.78. The Hall–Kier alpha value is -2.42. The molecule has 0 aromatic heterocycles. The van der Waals surface area contributed by atoms with Crippen molar-refractivity contribution in [2.24, 2.45) is 0 Å². The molecule has 9 heteroatoms. The molecule has 1 aliphatic heterocycles. The largest absolute Gasteiger partial charge is 0.350 e. The van der Waals surface area contributed by atoms with Crippen molar-refractivity contribution in [2.75, 3.05) is 26.2 Å². The number of halogens is 1. The van der Waals surface area contributed by atoms with Crippen molar-refractivity contribution in [3.8, 4) is 0 Å². The smallest absolute Gasteiger partial charge is 0.243 e. The number of carbonyl (C=O) groups excluding carboxylic acids is 2. The van der Waals surface area contributed by atoms with E-state index in [0.717, 1.165) is 5.56 Å². The maximum atomic E-state index is 12.7. The summed E-state index contributed by atoms with van der Waals surface area (Å²) in [6, 6.07) is 15.5. The van der Waals surface area contributed by atoms with E-state index in [4.69, 9.17) is 11.6 Å². The first-order valence-corrected chi connectivity index (χ1v) is 12.0. The van der Waals surface area contributed by atoms with Crippen molar-refractivity contribution in [1.29, 1.82) is 0 Å². The van der Waals surface area contributed by atoms with Gasteiger partial charge in [-0.1, -0.05) is 41.9 Å². The van der Waals surface area contributed by atoms with Crippen molar-refractivity contribution in [2.45, 2.75) is 30.7 Å². The first-order chi connectivity index (χ1) is 14.8. The van der Waals surface area contributed by atoms with Crippen molar-refractivity contribution in [1.82, 2.24) is 14.5 Å². The summed E-state index contributed by atoms with van der Waals surface area (Å²) in [6.07, 6.45) is 0.191. The number of sulfonamides is 1. The third-order valence-electron chi connectivity index (χ3n) is 5.29. The van der Waals surface area contributed by atoms with Crippen molar-refractivity contribution < 1.29 is 18.0 Å². The van der Waals surface area contributed by atoms with Gasteiger partial charge in [-0.3, -0.25) is 9.59 Å². The van der Waals surface area contributed by atoms with E-state index < -0.39 is 10.0 Å². The van der Waals surface area contributed by atoms with E-state index in [1.807, 2.05) is 37.3 Å². The number of nitrogens with zero attached hydrogens (tertiary/aromatic N) is 2. The lowest BCUT2D eigenvalue weighted by atomic mass is 10.1. The van der Waals surface area contributed by atoms with Gasteiger partial charge in [-0.05, 0) is 36.8 Å². The number of rotatable bonds is 7. The molecule has 1 fully saturated rings. The van der Waals surface area contributed by atoms with Gasteiger partial charge in [-0.2, -0.15) is 4.31 Å². The zero-order valence-corrected chi connectivity index (χ0v) is 18.9. The molecule has 0 radical (unpaired) electrons. The molecule has 0 bridgehead atoms. The molecule has 1 saturated heterocycles. The predicted molar refractivity (Wildman–Crippen MR) is 119 cm³/mol. The van der Waals surface area contributed by atoms with E-state index in [0.29, 0.717) is 18.1 Å². The van der Waals surface area contributed by atoms with E-state index in [2.05, 4.69) is 5.32 Å². The topological polar surface area (TPSA) is 86.8 Å². The van der Waals surface area contributed by atoms with E-state index in [9.17, 15) is 18.0 Å². The summed E-state index contributed by atoms with van der Waals surface area (Å²) in [5.41, 5.74) is 1.00. The molecule has 0 spiro atoms. The number of amides is 2. The predicted octanol–water partition coefficient (Wildman–Crippen LogP) is 2.83. The van der Waals surface area contributed by atoms with E-state index >= 15 is 0 Å². The average molecular weight is 464 g/mol. The van der Waals surface area contributed by atoms with Gasteiger partial charge in [0, 0.05) is 44.0 Å². The Kier molecular flexibility index (Phi) is 7.69. The Morgan fingerprint density at radius 2 is 1.58 bits per heavy atom. The number of nitrogens with one attached hydrogen (secondary N) is 1. The highest BCUT2D eigenvalue weighted by Crippen LogP contribution is 2.20. The van der Waals surface area contributed by atoms with Crippen LogP contribution in [0, 0.1) is 0 Å². The molecule has 2 aromatic rings. The maximum absolute atomic E-state index is 12.7. The minimum Gasteiger partial charge on any atom is -0.350 e. The Morgan fingerprint density at radius 1 is 0.968 bits per heavy atom. The number of piperazine rings is 1. The highest BCUT2D eigenvalue weighted by atomic mass is 35.5. The van der Waals surface area contributed by atoms with Crippen LogP contribution >= 0.6 is 11.6 Å². The Bertz CT molecular complexity index is 1000. The second-order valence-electron chi connectivity index (χ2n) is 7.44. The lowest BCUT2D eigenvalue weighted by molar-refractivity contribution is -0.134. The second kappa shape index (κ2) is 10.3. The summed E-state index contributed by atoms with van der Waals surface area (Å²) in [5.74, 6) is -0.334. The summed E-state index contributed by atoms with van der Waals surface area (Å²) in [6.45, 7) is 2.93. The molecule has 2 aromatic carbocycles. The highest BCUT2D eigenvalue weighted by Gasteiger charge is 2.30. The molecule has 166 valence electrons. The number of benzene rings is 2. The standard InChI is InChI=1S/C22H26ClN3O4S/c1-17(18-5-3-2-4-6-18)24-21(27)11-12-22(28)25-13-15-26(16-14-25)31(29,30)20-9-7-19(23)8-10-20/h2-10,17H,11-16H2,1H3,(H,24,27). The Labute approximate surface area is 188 Å². The highest BCUT2D eigenvalue weighted by molar-refractivity contribution is 7.89. The summed E-state index contributed by atoms with van der Waals surface area (Å²) >= 11 is 5.83. The van der Waals surface area contributed by atoms with Crippen LogP contribution in [0.1, 0.15) is 31.4 Å². The van der Waals surface area contributed by atoms with Gasteiger partial charge >= 0.3 is 0 Å². The molecule has 1 unspecified atom stereocenters. The lowest BCUT2D eigenvalue weighted by Crippen LogP contribution is -2.50. The van der Waals surface area contributed by atoms with Crippen LogP contribution in [-0.2, 0) is 19.6 Å². The molecule has 7 nitrogen and oxygen atoms in total. The van der Waals surface area contributed by atoms with Crippen LogP contribution in [0.3, 0.4) is 0 Å². The van der Waals surface area contributed by atoms with Crippen molar-refractivity contribution in [3.63, 3.8) is 0 Å². The quantitative estimate of drug-likeness (QED) is 0.684. The number of carbonyl (C=O) groups is 2. The molecule has 2 amide bonds. The minimum absolute atomic E-state index is 0.0945. The zero-order chi connectivity index (χ0) is 22.4. The minimum atomic E-state index is -3.62. The number of hydrogen-bond acceptors (Lipinski definition) is 4. The SMILES string of the molecule is CC(NC(=O)CCC(=O)N1CCN(S(=O)(=O)c2ccc(Cl)cc2)CC1)c1ccccc1. The fourth-order valence-electron chi connectivity index (χ4n) is 3.45. The monoisotopic (exact) mass is 463 g/mol. The molecule has 31 heavy (non-hydrogen) atoms. The van der Waals surface area contributed by atoms with Gasteiger partial charge in [0.2, 0.25) is 21.8 Å². The van der Waals surface area contributed by atoms with Gasteiger partial charge in [0.25, 0.3) is 0 Å². The fourth-order valence-corrected chi connectivity index (χ4v) is 5.00. The van der Waals surface area contributed by atoms with Crippen LogP contribution in [0.25, 0.3) is 0 Å². The summed E-state index contributed by atoms with van der Waals surface area (Å²) < 4.78 is 26.8. The number of hydrogen-bond donors (Lipinski definition) is 1. The Morgan fingerprint density at radius 3 is 2.19 bits per heavy atom. The molecular formula is C22H26ClN3O4S. The molecule has 1 aliphatic rings. The fraction of sp³-hybridized carbons (Fsp3) is 0.364. The Balaban J connectivity index is 1.45. The molecule has 0 aliphatic carbocycles. The second-order valence-corrected chi connectivity index (χ2v) is 9.81. The molecule has 1 N–H and O–H groups in total. The van der Waals surface area contributed by atoms with Gasteiger partial charge in [-0.25, -0.2) is 8.42 Å². The van der Waals surface area contributed by atoms with Gasteiger partial charge in [0.15, 0.2) is 0 Å². The molecule has 1 atom stereocenters.